The molecule has 0 amide bonds. The molecule has 0 saturated heterocycles. The summed E-state index contributed by atoms with van der Waals surface area (Å²) in [7, 11) is 0. The Hall–Kier alpha value is -1.19. The van der Waals surface area contributed by atoms with Gasteiger partial charge in [-0.2, -0.15) is 0 Å². The first-order valence-corrected chi connectivity index (χ1v) is 6.24. The molecule has 1 N–H and O–H groups in total. The zero-order chi connectivity index (χ0) is 11.8. The van der Waals surface area contributed by atoms with Crippen LogP contribution in [0.3, 0.4) is 0 Å². The highest BCUT2D eigenvalue weighted by molar-refractivity contribution is 6.36. The van der Waals surface area contributed by atoms with Gasteiger partial charge in [-0.3, -0.25) is 0 Å². The van der Waals surface area contributed by atoms with Gasteiger partial charge in [0, 0.05) is 23.5 Å². The van der Waals surface area contributed by atoms with Gasteiger partial charge in [0.15, 0.2) is 0 Å². The Morgan fingerprint density at radius 1 is 1.29 bits per heavy atom. The summed E-state index contributed by atoms with van der Waals surface area (Å²) >= 11 is 12.0. The number of aromatic nitrogens is 2. The van der Waals surface area contributed by atoms with E-state index in [1.165, 1.54) is 12.8 Å². The summed E-state index contributed by atoms with van der Waals surface area (Å²) in [6.45, 7) is 0. The van der Waals surface area contributed by atoms with E-state index in [1.54, 1.807) is 18.3 Å². The van der Waals surface area contributed by atoms with Crippen LogP contribution in [0.4, 0.5) is 11.6 Å². The van der Waals surface area contributed by atoms with Gasteiger partial charge in [-0.15, -0.1) is 0 Å². The van der Waals surface area contributed by atoms with Crippen LogP contribution < -0.4 is 5.32 Å². The average Bonchev–Trinajstić information content (AvgIpc) is 3.03. The van der Waals surface area contributed by atoms with E-state index >= 15 is 0 Å². The molecular formula is C12H11Cl2N3. The minimum absolute atomic E-state index is 0.589. The first kappa shape index (κ1) is 10.9. The summed E-state index contributed by atoms with van der Waals surface area (Å²) in [5.41, 5.74) is 0.823. The molecule has 0 atom stereocenters. The molecule has 88 valence electrons. The standard InChI is InChI=1S/C12H11Cl2N3/c13-8-1-4-11(10(14)7-8)16-12-15-5-6-17(12)9-2-3-9/h1,4-7,9H,2-3H2,(H,15,16). The molecule has 3 nitrogen and oxygen atoms in total. The van der Waals surface area contributed by atoms with Gasteiger partial charge in [0.25, 0.3) is 0 Å². The fraction of sp³-hybridized carbons (Fsp3) is 0.250. The molecule has 1 aliphatic carbocycles. The molecule has 0 bridgehead atoms. The normalized spacial score (nSPS) is 14.9. The van der Waals surface area contributed by atoms with Crippen molar-refractivity contribution in [3.05, 3.63) is 40.6 Å². The van der Waals surface area contributed by atoms with E-state index in [0.29, 0.717) is 16.1 Å². The zero-order valence-corrected chi connectivity index (χ0v) is 10.5. The van der Waals surface area contributed by atoms with E-state index in [1.807, 2.05) is 12.3 Å². The second-order valence-corrected chi connectivity index (χ2v) is 4.98. The van der Waals surface area contributed by atoms with Crippen molar-refractivity contribution in [2.45, 2.75) is 18.9 Å². The molecule has 1 fully saturated rings. The van der Waals surface area contributed by atoms with Crippen LogP contribution in [0.25, 0.3) is 0 Å². The molecular weight excluding hydrogens is 257 g/mol. The molecule has 2 aromatic rings. The van der Waals surface area contributed by atoms with Crippen molar-refractivity contribution in [1.82, 2.24) is 9.55 Å². The Morgan fingerprint density at radius 3 is 2.82 bits per heavy atom. The van der Waals surface area contributed by atoms with Crippen LogP contribution in [0.2, 0.25) is 10.0 Å². The van der Waals surface area contributed by atoms with E-state index in [4.69, 9.17) is 23.2 Å². The number of anilines is 2. The van der Waals surface area contributed by atoms with Crippen molar-refractivity contribution < 1.29 is 0 Å². The molecule has 1 aromatic carbocycles. The lowest BCUT2D eigenvalue weighted by atomic mass is 10.3. The maximum absolute atomic E-state index is 6.11. The molecule has 0 spiro atoms. The smallest absolute Gasteiger partial charge is 0.207 e. The van der Waals surface area contributed by atoms with Gasteiger partial charge in [-0.05, 0) is 31.0 Å². The van der Waals surface area contributed by atoms with Gasteiger partial charge in [0.05, 0.1) is 10.7 Å². The highest BCUT2D eigenvalue weighted by Gasteiger charge is 2.25. The Labute approximate surface area is 109 Å². The molecule has 3 rings (SSSR count). The van der Waals surface area contributed by atoms with E-state index in [2.05, 4.69) is 14.9 Å². The molecule has 1 aliphatic rings. The Morgan fingerprint density at radius 2 is 2.12 bits per heavy atom. The number of halogens is 2. The van der Waals surface area contributed by atoms with E-state index in [0.717, 1.165) is 11.6 Å². The van der Waals surface area contributed by atoms with Crippen LogP contribution in [0.1, 0.15) is 18.9 Å². The lowest BCUT2D eigenvalue weighted by Gasteiger charge is -2.10. The van der Waals surface area contributed by atoms with Crippen molar-refractivity contribution in [3.8, 4) is 0 Å². The van der Waals surface area contributed by atoms with Gasteiger partial charge in [-0.25, -0.2) is 4.98 Å². The van der Waals surface area contributed by atoms with Crippen molar-refractivity contribution in [1.29, 1.82) is 0 Å². The molecule has 5 heteroatoms. The molecule has 1 saturated carbocycles. The highest BCUT2D eigenvalue weighted by atomic mass is 35.5. The van der Waals surface area contributed by atoms with Crippen LogP contribution in [0.15, 0.2) is 30.6 Å². The first-order chi connectivity index (χ1) is 8.24. The molecule has 0 unspecified atom stereocenters. The molecule has 0 radical (unpaired) electrons. The van der Waals surface area contributed by atoms with Gasteiger partial charge in [0.1, 0.15) is 0 Å². The van der Waals surface area contributed by atoms with Gasteiger partial charge >= 0.3 is 0 Å². The maximum atomic E-state index is 6.11. The number of nitrogens with one attached hydrogen (secondary N) is 1. The van der Waals surface area contributed by atoms with Gasteiger partial charge < -0.3 is 9.88 Å². The summed E-state index contributed by atoms with van der Waals surface area (Å²) in [6.07, 6.45) is 6.23. The third-order valence-electron chi connectivity index (χ3n) is 2.79. The maximum Gasteiger partial charge on any atom is 0.207 e. The third-order valence-corrected chi connectivity index (χ3v) is 3.33. The Balaban J connectivity index is 1.88. The van der Waals surface area contributed by atoms with Crippen LogP contribution in [-0.4, -0.2) is 9.55 Å². The predicted octanol–water partition coefficient (Wildman–Crippen LogP) is 4.27. The predicted molar refractivity (Wildman–Crippen MR) is 70.2 cm³/mol. The summed E-state index contributed by atoms with van der Waals surface area (Å²) < 4.78 is 2.14. The van der Waals surface area contributed by atoms with Crippen molar-refractivity contribution >= 4 is 34.8 Å². The van der Waals surface area contributed by atoms with E-state index in [9.17, 15) is 0 Å². The van der Waals surface area contributed by atoms with Gasteiger partial charge in [-0.1, -0.05) is 23.2 Å². The minimum atomic E-state index is 0.589. The Bertz CT molecular complexity index is 546. The second kappa shape index (κ2) is 4.24. The molecule has 1 heterocycles. The summed E-state index contributed by atoms with van der Waals surface area (Å²) in [5.74, 6) is 0.830. The lowest BCUT2D eigenvalue weighted by molar-refractivity contribution is 0.751. The molecule has 17 heavy (non-hydrogen) atoms. The average molecular weight is 268 g/mol. The summed E-state index contributed by atoms with van der Waals surface area (Å²) in [6, 6.07) is 5.97. The van der Waals surface area contributed by atoms with Crippen molar-refractivity contribution in [3.63, 3.8) is 0 Å². The van der Waals surface area contributed by atoms with Crippen molar-refractivity contribution in [2.24, 2.45) is 0 Å². The summed E-state index contributed by atoms with van der Waals surface area (Å²) in [4.78, 5) is 4.30. The van der Waals surface area contributed by atoms with Crippen molar-refractivity contribution in [2.75, 3.05) is 5.32 Å². The van der Waals surface area contributed by atoms with Crippen LogP contribution >= 0.6 is 23.2 Å². The summed E-state index contributed by atoms with van der Waals surface area (Å²) in [5, 5.41) is 4.46. The van der Waals surface area contributed by atoms with Crippen LogP contribution in [0.5, 0.6) is 0 Å². The SMILES string of the molecule is Clc1ccc(Nc2nccn2C2CC2)c(Cl)c1. The number of hydrogen-bond donors (Lipinski definition) is 1. The Kier molecular flexibility index (Phi) is 2.73. The number of imidazole rings is 1. The largest absolute Gasteiger partial charge is 0.324 e. The first-order valence-electron chi connectivity index (χ1n) is 5.49. The number of nitrogens with zero attached hydrogens (tertiary/aromatic N) is 2. The monoisotopic (exact) mass is 267 g/mol. The number of benzene rings is 1. The minimum Gasteiger partial charge on any atom is -0.324 e. The zero-order valence-electron chi connectivity index (χ0n) is 9.03. The number of rotatable bonds is 3. The number of hydrogen-bond acceptors (Lipinski definition) is 2. The second-order valence-electron chi connectivity index (χ2n) is 4.14. The van der Waals surface area contributed by atoms with Crippen LogP contribution in [-0.2, 0) is 0 Å². The third kappa shape index (κ3) is 2.26. The topological polar surface area (TPSA) is 29.9 Å². The fourth-order valence-corrected chi connectivity index (χ4v) is 2.22. The molecule has 1 aromatic heterocycles. The van der Waals surface area contributed by atoms with Gasteiger partial charge in [0.2, 0.25) is 5.95 Å². The quantitative estimate of drug-likeness (QED) is 0.900. The van der Waals surface area contributed by atoms with E-state index < -0.39 is 0 Å². The lowest BCUT2D eigenvalue weighted by Crippen LogP contribution is -2.01. The van der Waals surface area contributed by atoms with E-state index in [-0.39, 0.29) is 0 Å². The van der Waals surface area contributed by atoms with Crippen LogP contribution in [0, 0.1) is 0 Å². The molecule has 0 aliphatic heterocycles. The fourth-order valence-electron chi connectivity index (χ4n) is 1.77. The highest BCUT2D eigenvalue weighted by Crippen LogP contribution is 2.38.